The first-order valence-electron chi connectivity index (χ1n) is 11.1. The van der Waals surface area contributed by atoms with Gasteiger partial charge in [-0.15, -0.1) is 11.3 Å². The lowest BCUT2D eigenvalue weighted by atomic mass is 10.0. The van der Waals surface area contributed by atoms with Crippen molar-refractivity contribution >= 4 is 33.0 Å². The van der Waals surface area contributed by atoms with Crippen LogP contribution in [-0.2, 0) is 27.8 Å². The van der Waals surface area contributed by atoms with Gasteiger partial charge in [-0.1, -0.05) is 18.2 Å². The number of thiophene rings is 1. The molecule has 4 heterocycles. The van der Waals surface area contributed by atoms with Gasteiger partial charge in [0.25, 0.3) is 10.0 Å². The van der Waals surface area contributed by atoms with Gasteiger partial charge in [0.05, 0.1) is 5.69 Å². The number of piperidine rings is 1. The van der Waals surface area contributed by atoms with E-state index in [9.17, 15) is 13.2 Å². The summed E-state index contributed by atoms with van der Waals surface area (Å²) in [5.41, 5.74) is 4.74. The fraction of sp³-hybridized carbons (Fsp3) is 0.391. The number of aromatic amines is 1. The number of carbonyl (C=O) groups is 1. The van der Waals surface area contributed by atoms with Crippen LogP contribution in [0.2, 0.25) is 0 Å². The summed E-state index contributed by atoms with van der Waals surface area (Å²) in [7, 11) is -3.50. The molecule has 0 atom stereocenters. The molecule has 0 spiro atoms. The minimum Gasteiger partial charge on any atom is -0.382 e. The zero-order valence-corrected chi connectivity index (χ0v) is 20.1. The number of nitrogens with one attached hydrogen (secondary N) is 2. The first kappa shape index (κ1) is 22.1. The fourth-order valence-corrected chi connectivity index (χ4v) is 7.10. The van der Waals surface area contributed by atoms with Crippen molar-refractivity contribution in [2.75, 3.05) is 25.0 Å². The van der Waals surface area contributed by atoms with Crippen LogP contribution in [0.5, 0.6) is 0 Å². The summed E-state index contributed by atoms with van der Waals surface area (Å²) in [6.45, 7) is 3.96. The van der Waals surface area contributed by atoms with E-state index >= 15 is 0 Å². The molecule has 1 amide bonds. The van der Waals surface area contributed by atoms with Crippen LogP contribution < -0.4 is 5.32 Å². The van der Waals surface area contributed by atoms with Crippen molar-refractivity contribution in [2.45, 2.75) is 43.0 Å². The Morgan fingerprint density at radius 3 is 2.58 bits per heavy atom. The number of amides is 1. The lowest BCUT2D eigenvalue weighted by molar-refractivity contribution is -0.129. The number of aromatic nitrogens is 2. The molecule has 5 rings (SSSR count). The van der Waals surface area contributed by atoms with E-state index in [2.05, 4.69) is 15.5 Å². The topological polar surface area (TPSA) is 98.4 Å². The molecule has 0 aliphatic carbocycles. The van der Waals surface area contributed by atoms with Crippen LogP contribution in [0.25, 0.3) is 11.3 Å². The molecule has 3 aromatic rings. The molecule has 0 bridgehead atoms. The predicted molar refractivity (Wildman–Crippen MR) is 129 cm³/mol. The maximum absolute atomic E-state index is 13.0. The van der Waals surface area contributed by atoms with Crippen molar-refractivity contribution in [3.63, 3.8) is 0 Å². The zero-order chi connectivity index (χ0) is 23.0. The smallest absolute Gasteiger partial charge is 0.252 e. The highest BCUT2D eigenvalue weighted by molar-refractivity contribution is 7.91. The molecule has 33 heavy (non-hydrogen) atoms. The lowest BCUT2D eigenvalue weighted by Crippen LogP contribution is -2.41. The van der Waals surface area contributed by atoms with Gasteiger partial charge >= 0.3 is 0 Å². The summed E-state index contributed by atoms with van der Waals surface area (Å²) in [5, 5.41) is 13.0. The monoisotopic (exact) mass is 485 g/mol. The van der Waals surface area contributed by atoms with Crippen LogP contribution in [0.1, 0.15) is 31.0 Å². The molecule has 1 aromatic carbocycles. The van der Waals surface area contributed by atoms with Crippen molar-refractivity contribution in [1.82, 2.24) is 19.4 Å². The second-order valence-electron chi connectivity index (χ2n) is 8.55. The summed E-state index contributed by atoms with van der Waals surface area (Å²) in [6.07, 6.45) is 2.48. The second kappa shape index (κ2) is 8.92. The highest BCUT2D eigenvalue weighted by Crippen LogP contribution is 2.32. The van der Waals surface area contributed by atoms with E-state index in [0.29, 0.717) is 29.8 Å². The van der Waals surface area contributed by atoms with E-state index < -0.39 is 10.0 Å². The van der Waals surface area contributed by atoms with Crippen molar-refractivity contribution < 1.29 is 13.2 Å². The number of H-pyrrole nitrogens is 1. The molecule has 2 aliphatic rings. The summed E-state index contributed by atoms with van der Waals surface area (Å²) in [4.78, 5) is 13.4. The third-order valence-electron chi connectivity index (χ3n) is 6.46. The Hall–Kier alpha value is -2.69. The largest absolute Gasteiger partial charge is 0.382 e. The Kier molecular flexibility index (Phi) is 5.98. The molecule has 8 nitrogen and oxygen atoms in total. The van der Waals surface area contributed by atoms with Crippen molar-refractivity contribution in [2.24, 2.45) is 0 Å². The number of hydrogen-bond acceptors (Lipinski definition) is 6. The number of anilines is 1. The maximum atomic E-state index is 13.0. The number of hydrogen-bond donors (Lipinski definition) is 2. The minimum atomic E-state index is -3.50. The average molecular weight is 486 g/mol. The predicted octanol–water partition coefficient (Wildman–Crippen LogP) is 3.31. The molecule has 0 unspecified atom stereocenters. The highest BCUT2D eigenvalue weighted by atomic mass is 32.2. The SMILES string of the molecule is CC(=O)N1CCC(Nc2ccc(-c3n[nH]c4c3CN(S(=O)(=O)c3cccs3)CC4)cc2)CC1. The Morgan fingerprint density at radius 2 is 1.91 bits per heavy atom. The van der Waals surface area contributed by atoms with Crippen LogP contribution in [0.3, 0.4) is 0 Å². The number of nitrogens with zero attached hydrogens (tertiary/aromatic N) is 3. The molecular formula is C23H27N5O3S2. The van der Waals surface area contributed by atoms with Gasteiger partial charge in [0, 0.05) is 68.1 Å². The van der Waals surface area contributed by atoms with Gasteiger partial charge in [0.2, 0.25) is 5.91 Å². The normalized spacial score (nSPS) is 17.7. The van der Waals surface area contributed by atoms with Gasteiger partial charge in [0.1, 0.15) is 4.21 Å². The molecule has 1 saturated heterocycles. The lowest BCUT2D eigenvalue weighted by Gasteiger charge is -2.32. The molecule has 2 aliphatic heterocycles. The minimum absolute atomic E-state index is 0.141. The molecule has 10 heteroatoms. The number of carbonyl (C=O) groups excluding carboxylic acids is 1. The third-order valence-corrected chi connectivity index (χ3v) is 9.68. The summed E-state index contributed by atoms with van der Waals surface area (Å²) in [6, 6.07) is 11.9. The van der Waals surface area contributed by atoms with Crippen LogP contribution in [0.4, 0.5) is 5.69 Å². The number of sulfonamides is 1. The molecule has 2 N–H and O–H groups in total. The van der Waals surface area contributed by atoms with Crippen LogP contribution in [0, 0.1) is 0 Å². The van der Waals surface area contributed by atoms with E-state index in [-0.39, 0.29) is 5.91 Å². The van der Waals surface area contributed by atoms with Gasteiger partial charge in [-0.25, -0.2) is 8.42 Å². The second-order valence-corrected chi connectivity index (χ2v) is 11.7. The van der Waals surface area contributed by atoms with Gasteiger partial charge < -0.3 is 10.2 Å². The van der Waals surface area contributed by atoms with E-state index in [1.807, 2.05) is 29.2 Å². The van der Waals surface area contributed by atoms with Gasteiger partial charge in [-0.05, 0) is 36.4 Å². The number of fused-ring (bicyclic) bond motifs is 1. The molecule has 2 aromatic heterocycles. The van der Waals surface area contributed by atoms with Crippen LogP contribution in [0.15, 0.2) is 46.0 Å². The molecule has 174 valence electrons. The number of rotatable bonds is 5. The van der Waals surface area contributed by atoms with Crippen molar-refractivity contribution in [1.29, 1.82) is 0 Å². The van der Waals surface area contributed by atoms with Gasteiger partial charge in [-0.3, -0.25) is 9.89 Å². The third kappa shape index (κ3) is 4.42. The number of benzene rings is 1. The highest BCUT2D eigenvalue weighted by Gasteiger charge is 2.32. The fourth-order valence-electron chi connectivity index (χ4n) is 4.55. The quantitative estimate of drug-likeness (QED) is 0.578. The zero-order valence-electron chi connectivity index (χ0n) is 18.5. The van der Waals surface area contributed by atoms with Crippen LogP contribution in [-0.4, -0.2) is 59.4 Å². The Labute approximate surface area is 197 Å². The molecule has 0 saturated carbocycles. The molecule has 1 fully saturated rings. The maximum Gasteiger partial charge on any atom is 0.252 e. The standard InChI is InChI=1S/C23H27N5O3S2/c1-16(29)27-11-8-19(9-12-27)24-18-6-4-17(5-7-18)23-20-15-28(13-10-21(20)25-26-23)33(30,31)22-3-2-14-32-22/h2-7,14,19,24H,8-13,15H2,1H3,(H,25,26). The Morgan fingerprint density at radius 1 is 1.15 bits per heavy atom. The summed E-state index contributed by atoms with van der Waals surface area (Å²) in [5.74, 6) is 0.141. The molecule has 0 radical (unpaired) electrons. The van der Waals surface area contributed by atoms with Gasteiger partial charge in [0.15, 0.2) is 0 Å². The van der Waals surface area contributed by atoms with E-state index in [0.717, 1.165) is 54.1 Å². The van der Waals surface area contributed by atoms with E-state index in [4.69, 9.17) is 0 Å². The average Bonchev–Trinajstić information content (AvgIpc) is 3.50. The Balaban J connectivity index is 1.29. The number of likely N-dealkylation sites (tertiary alicyclic amines) is 1. The Bertz CT molecular complexity index is 1230. The first-order chi connectivity index (χ1) is 15.9. The van der Waals surface area contributed by atoms with E-state index in [1.165, 1.54) is 11.3 Å². The van der Waals surface area contributed by atoms with Crippen molar-refractivity contribution in [3.05, 3.63) is 53.0 Å². The summed E-state index contributed by atoms with van der Waals surface area (Å²) < 4.78 is 27.9. The first-order valence-corrected chi connectivity index (χ1v) is 13.5. The van der Waals surface area contributed by atoms with E-state index in [1.54, 1.807) is 28.7 Å². The van der Waals surface area contributed by atoms with Gasteiger partial charge in [-0.2, -0.15) is 9.40 Å². The molecular weight excluding hydrogens is 458 g/mol. The summed E-state index contributed by atoms with van der Waals surface area (Å²) >= 11 is 1.25. The van der Waals surface area contributed by atoms with Crippen molar-refractivity contribution in [3.8, 4) is 11.3 Å². The van der Waals surface area contributed by atoms with Crippen LogP contribution >= 0.6 is 11.3 Å².